The van der Waals surface area contributed by atoms with E-state index in [9.17, 15) is 0 Å². The van der Waals surface area contributed by atoms with Crippen LogP contribution in [0.2, 0.25) is 10.0 Å². The van der Waals surface area contributed by atoms with E-state index in [1.165, 1.54) is 12.6 Å². The van der Waals surface area contributed by atoms with Gasteiger partial charge in [-0.2, -0.15) is 5.10 Å². The van der Waals surface area contributed by atoms with E-state index in [0.717, 1.165) is 5.56 Å². The van der Waals surface area contributed by atoms with Crippen molar-refractivity contribution in [2.24, 2.45) is 4.99 Å². The van der Waals surface area contributed by atoms with E-state index in [-0.39, 0.29) is 0 Å². The molecule has 1 aromatic heterocycles. The fourth-order valence-electron chi connectivity index (χ4n) is 1.85. The third kappa shape index (κ3) is 1.68. The second kappa shape index (κ2) is 4.28. The number of aromatic amines is 1. The Balaban J connectivity index is 2.16. The van der Waals surface area contributed by atoms with Crippen LogP contribution in [-0.4, -0.2) is 16.6 Å². The van der Waals surface area contributed by atoms with Crippen molar-refractivity contribution >= 4 is 29.6 Å². The molecule has 2 aromatic rings. The lowest BCUT2D eigenvalue weighted by atomic mass is 9.97. The number of benzene rings is 1. The molecule has 0 spiro atoms. The van der Waals surface area contributed by atoms with Gasteiger partial charge in [-0.05, 0) is 12.1 Å². The average molecular weight is 283 g/mol. The van der Waals surface area contributed by atoms with Crippen LogP contribution < -0.4 is 5.48 Å². The van der Waals surface area contributed by atoms with Gasteiger partial charge < -0.3 is 4.84 Å². The molecule has 1 aliphatic rings. The molecule has 0 fully saturated rings. The Hall–Kier alpha value is -1.56. The lowest BCUT2D eigenvalue weighted by Crippen LogP contribution is -2.37. The molecule has 1 unspecified atom stereocenters. The summed E-state index contributed by atoms with van der Waals surface area (Å²) in [7, 11) is 0. The number of halogens is 2. The summed E-state index contributed by atoms with van der Waals surface area (Å²) >= 11 is 12.0. The van der Waals surface area contributed by atoms with Crippen molar-refractivity contribution in [2.75, 3.05) is 0 Å². The highest BCUT2D eigenvalue weighted by Gasteiger charge is 2.40. The summed E-state index contributed by atoms with van der Waals surface area (Å²) in [5.41, 5.74) is 3.36. The molecule has 2 N–H and O–H groups in total. The minimum absolute atomic E-state index is 0.472. The minimum atomic E-state index is -0.918. The largest absolute Gasteiger partial charge is 0.394 e. The topological polar surface area (TPSA) is 62.3 Å². The Labute approximate surface area is 113 Å². The third-order valence-electron chi connectivity index (χ3n) is 2.72. The van der Waals surface area contributed by atoms with Crippen LogP contribution in [0.25, 0.3) is 0 Å². The van der Waals surface area contributed by atoms with Gasteiger partial charge in [0.25, 0.3) is 0 Å². The van der Waals surface area contributed by atoms with Gasteiger partial charge in [0.2, 0.25) is 5.66 Å². The smallest absolute Gasteiger partial charge is 0.214 e. The maximum absolute atomic E-state index is 6.10. The van der Waals surface area contributed by atoms with E-state index in [4.69, 9.17) is 28.0 Å². The van der Waals surface area contributed by atoms with Crippen molar-refractivity contribution in [3.05, 3.63) is 51.8 Å². The van der Waals surface area contributed by atoms with Gasteiger partial charge in [0.05, 0.1) is 11.2 Å². The number of nitrogens with zero attached hydrogens (tertiary/aromatic N) is 2. The SMILES string of the molecule is Clc1ccc(C2(c3[nH]ncc3Cl)N=CON2)cc1. The van der Waals surface area contributed by atoms with Gasteiger partial charge in [-0.15, -0.1) is 5.48 Å². The van der Waals surface area contributed by atoms with Crippen LogP contribution in [0.1, 0.15) is 11.3 Å². The fourth-order valence-corrected chi connectivity index (χ4v) is 2.21. The summed E-state index contributed by atoms with van der Waals surface area (Å²) in [5.74, 6) is 0. The van der Waals surface area contributed by atoms with Crippen LogP contribution >= 0.6 is 23.2 Å². The van der Waals surface area contributed by atoms with E-state index in [0.29, 0.717) is 15.7 Å². The molecule has 0 bridgehead atoms. The third-order valence-corrected chi connectivity index (χ3v) is 3.26. The molecule has 0 saturated heterocycles. The van der Waals surface area contributed by atoms with Crippen LogP contribution in [0.15, 0.2) is 35.5 Å². The predicted molar refractivity (Wildman–Crippen MR) is 68.5 cm³/mol. The Kier molecular flexibility index (Phi) is 2.74. The number of aromatic nitrogens is 2. The molecule has 0 aliphatic carbocycles. The summed E-state index contributed by atoms with van der Waals surface area (Å²) in [6.45, 7) is 0. The van der Waals surface area contributed by atoms with Gasteiger partial charge in [0.15, 0.2) is 6.40 Å². The van der Waals surface area contributed by atoms with Crippen molar-refractivity contribution < 1.29 is 4.84 Å². The fraction of sp³-hybridized carbons (Fsp3) is 0.0909. The maximum Gasteiger partial charge on any atom is 0.214 e. The first kappa shape index (κ1) is 11.5. The zero-order chi connectivity index (χ0) is 12.6. The van der Waals surface area contributed by atoms with Gasteiger partial charge >= 0.3 is 0 Å². The number of hydrogen-bond donors (Lipinski definition) is 2. The minimum Gasteiger partial charge on any atom is -0.394 e. The first-order chi connectivity index (χ1) is 8.72. The van der Waals surface area contributed by atoms with E-state index in [1.54, 1.807) is 12.1 Å². The summed E-state index contributed by atoms with van der Waals surface area (Å²) in [6, 6.07) is 7.24. The Morgan fingerprint density at radius 1 is 1.17 bits per heavy atom. The molecule has 5 nitrogen and oxygen atoms in total. The summed E-state index contributed by atoms with van der Waals surface area (Å²) in [5, 5.41) is 7.85. The lowest BCUT2D eigenvalue weighted by Gasteiger charge is -2.24. The Bertz CT molecular complexity index is 595. The van der Waals surface area contributed by atoms with E-state index < -0.39 is 5.66 Å². The van der Waals surface area contributed by atoms with Crippen molar-refractivity contribution in [1.29, 1.82) is 0 Å². The number of hydrogen-bond acceptors (Lipinski definition) is 4. The van der Waals surface area contributed by atoms with Crippen molar-refractivity contribution in [2.45, 2.75) is 5.66 Å². The zero-order valence-electron chi connectivity index (χ0n) is 9.02. The number of H-pyrrole nitrogens is 1. The van der Waals surface area contributed by atoms with Crippen LogP contribution in [-0.2, 0) is 10.5 Å². The summed E-state index contributed by atoms with van der Waals surface area (Å²) < 4.78 is 0. The van der Waals surface area contributed by atoms with E-state index >= 15 is 0 Å². The molecule has 92 valence electrons. The first-order valence-corrected chi connectivity index (χ1v) is 5.90. The van der Waals surface area contributed by atoms with Gasteiger partial charge in [0, 0.05) is 10.6 Å². The van der Waals surface area contributed by atoms with Crippen molar-refractivity contribution in [3.8, 4) is 0 Å². The maximum atomic E-state index is 6.10. The molecule has 18 heavy (non-hydrogen) atoms. The highest BCUT2D eigenvalue weighted by molar-refractivity contribution is 6.31. The predicted octanol–water partition coefficient (Wildman–Crippen LogP) is 2.48. The van der Waals surface area contributed by atoms with Crippen LogP contribution in [0.4, 0.5) is 0 Å². The van der Waals surface area contributed by atoms with Crippen LogP contribution in [0.3, 0.4) is 0 Å². The molecule has 0 radical (unpaired) electrons. The normalized spacial score (nSPS) is 22.1. The van der Waals surface area contributed by atoms with Crippen LogP contribution in [0, 0.1) is 0 Å². The lowest BCUT2D eigenvalue weighted by molar-refractivity contribution is 0.144. The molecule has 7 heteroatoms. The number of hydroxylamine groups is 1. The zero-order valence-corrected chi connectivity index (χ0v) is 10.5. The molecule has 0 saturated carbocycles. The highest BCUT2D eigenvalue weighted by atomic mass is 35.5. The van der Waals surface area contributed by atoms with Crippen molar-refractivity contribution in [3.63, 3.8) is 0 Å². The molecule has 0 amide bonds. The Morgan fingerprint density at radius 2 is 1.94 bits per heavy atom. The molecule has 1 aromatic carbocycles. The molecular weight excluding hydrogens is 275 g/mol. The molecule has 2 heterocycles. The van der Waals surface area contributed by atoms with Gasteiger partial charge in [0.1, 0.15) is 5.69 Å². The summed E-state index contributed by atoms with van der Waals surface area (Å²) in [4.78, 5) is 9.36. The van der Waals surface area contributed by atoms with Gasteiger partial charge in [-0.1, -0.05) is 35.3 Å². The number of nitrogens with one attached hydrogen (secondary N) is 2. The van der Waals surface area contributed by atoms with Crippen molar-refractivity contribution in [1.82, 2.24) is 15.7 Å². The molecule has 1 aliphatic heterocycles. The average Bonchev–Trinajstić information content (AvgIpc) is 2.99. The van der Waals surface area contributed by atoms with E-state index in [2.05, 4.69) is 20.7 Å². The van der Waals surface area contributed by atoms with Crippen LogP contribution in [0.5, 0.6) is 0 Å². The Morgan fingerprint density at radius 3 is 2.50 bits per heavy atom. The highest BCUT2D eigenvalue weighted by Crippen LogP contribution is 2.36. The molecule has 1 atom stereocenters. The first-order valence-electron chi connectivity index (χ1n) is 5.14. The molecular formula is C11H8Cl2N4O. The van der Waals surface area contributed by atoms with Gasteiger partial charge in [-0.25, -0.2) is 4.99 Å². The second-order valence-corrected chi connectivity index (χ2v) is 4.61. The molecule has 3 rings (SSSR count). The number of aliphatic imine (C=N–C) groups is 1. The monoisotopic (exact) mass is 282 g/mol. The van der Waals surface area contributed by atoms with E-state index in [1.807, 2.05) is 12.1 Å². The summed E-state index contributed by atoms with van der Waals surface area (Å²) in [6.07, 6.45) is 2.84. The standard InChI is InChI=1S/C11H8Cl2N4O/c12-8-3-1-7(2-4-8)11(14-6-18-17-11)10-9(13)5-15-16-10/h1-6,17H,(H,15,16). The second-order valence-electron chi connectivity index (χ2n) is 3.76. The quantitative estimate of drug-likeness (QED) is 0.890. The number of rotatable bonds is 2. The van der Waals surface area contributed by atoms with Gasteiger partial charge in [-0.3, -0.25) is 5.10 Å².